The van der Waals surface area contributed by atoms with E-state index in [0.717, 1.165) is 12.1 Å². The average Bonchev–Trinajstić information content (AvgIpc) is 3.05. The SMILES string of the molecule is N#CC1(C#N)C(c2ccc(F)c(F)c2)C1(C#N)C#N. The second-order valence-corrected chi connectivity index (χ2v) is 4.17. The largest absolute Gasteiger partial charge is 0.204 e. The lowest BCUT2D eigenvalue weighted by Gasteiger charge is -2.00. The van der Waals surface area contributed by atoms with Crippen LogP contribution in [0.15, 0.2) is 18.2 Å². The van der Waals surface area contributed by atoms with E-state index in [2.05, 4.69) is 0 Å². The Hall–Kier alpha value is -2.96. The Morgan fingerprint density at radius 2 is 1.32 bits per heavy atom. The van der Waals surface area contributed by atoms with Crippen molar-refractivity contribution in [3.05, 3.63) is 35.4 Å². The van der Waals surface area contributed by atoms with Crippen LogP contribution in [-0.2, 0) is 0 Å². The first-order valence-corrected chi connectivity index (χ1v) is 5.13. The molecule has 90 valence electrons. The second kappa shape index (κ2) is 3.77. The maximum Gasteiger partial charge on any atom is 0.185 e. The van der Waals surface area contributed by atoms with Gasteiger partial charge >= 0.3 is 0 Å². The molecule has 0 amide bonds. The summed E-state index contributed by atoms with van der Waals surface area (Å²) in [6.07, 6.45) is 0. The van der Waals surface area contributed by atoms with Gasteiger partial charge in [-0.25, -0.2) is 8.78 Å². The first-order chi connectivity index (χ1) is 9.02. The van der Waals surface area contributed by atoms with Gasteiger partial charge in [-0.2, -0.15) is 21.0 Å². The van der Waals surface area contributed by atoms with Crippen LogP contribution in [-0.4, -0.2) is 0 Å². The normalized spacial score (nSPS) is 18.4. The Morgan fingerprint density at radius 3 is 1.68 bits per heavy atom. The minimum Gasteiger partial charge on any atom is -0.204 e. The third kappa shape index (κ3) is 1.26. The summed E-state index contributed by atoms with van der Waals surface area (Å²) < 4.78 is 26.0. The van der Waals surface area contributed by atoms with E-state index in [9.17, 15) is 8.78 Å². The summed E-state index contributed by atoms with van der Waals surface area (Å²) in [6.45, 7) is 0. The molecule has 4 nitrogen and oxygen atoms in total. The van der Waals surface area contributed by atoms with Gasteiger partial charge < -0.3 is 0 Å². The molecule has 0 aliphatic heterocycles. The zero-order chi connectivity index (χ0) is 14.3. The summed E-state index contributed by atoms with van der Waals surface area (Å²) in [4.78, 5) is 0. The van der Waals surface area contributed by atoms with Crippen molar-refractivity contribution in [1.82, 2.24) is 0 Å². The van der Waals surface area contributed by atoms with Crippen molar-refractivity contribution in [2.24, 2.45) is 10.8 Å². The van der Waals surface area contributed by atoms with E-state index in [4.69, 9.17) is 21.0 Å². The van der Waals surface area contributed by atoms with Crippen LogP contribution in [0.4, 0.5) is 8.78 Å². The van der Waals surface area contributed by atoms with Crippen molar-refractivity contribution < 1.29 is 8.78 Å². The lowest BCUT2D eigenvalue weighted by atomic mass is 9.98. The summed E-state index contributed by atoms with van der Waals surface area (Å²) in [7, 11) is 0. The molecule has 0 saturated heterocycles. The molecule has 1 aromatic carbocycles. The molecule has 1 aromatic rings. The second-order valence-electron chi connectivity index (χ2n) is 4.17. The van der Waals surface area contributed by atoms with Crippen molar-refractivity contribution >= 4 is 0 Å². The number of nitrogens with zero attached hydrogens (tertiary/aromatic N) is 4. The van der Waals surface area contributed by atoms with Gasteiger partial charge in [0.25, 0.3) is 0 Å². The summed E-state index contributed by atoms with van der Waals surface area (Å²) in [6, 6.07) is 9.43. The number of hydrogen-bond acceptors (Lipinski definition) is 4. The minimum absolute atomic E-state index is 0.0881. The molecule has 0 atom stereocenters. The minimum atomic E-state index is -1.85. The Morgan fingerprint density at radius 1 is 0.842 bits per heavy atom. The highest BCUT2D eigenvalue weighted by atomic mass is 19.2. The standard InChI is InChI=1S/C13H4F2N4/c14-9-2-1-8(3-10(9)15)11-12(4-16,5-17)13(11,6-18)7-19/h1-3,11H. The van der Waals surface area contributed by atoms with Crippen LogP contribution in [0.1, 0.15) is 11.5 Å². The van der Waals surface area contributed by atoms with Crippen molar-refractivity contribution in [2.75, 3.05) is 0 Å². The molecule has 1 aliphatic rings. The van der Waals surface area contributed by atoms with Crippen LogP contribution in [0.3, 0.4) is 0 Å². The first-order valence-electron chi connectivity index (χ1n) is 5.13. The van der Waals surface area contributed by atoms with Gasteiger partial charge in [0, 0.05) is 0 Å². The van der Waals surface area contributed by atoms with E-state index in [-0.39, 0.29) is 5.56 Å². The average molecular weight is 254 g/mol. The fourth-order valence-corrected chi connectivity index (χ4v) is 2.33. The Kier molecular flexibility index (Phi) is 2.48. The first kappa shape index (κ1) is 12.5. The quantitative estimate of drug-likeness (QED) is 0.766. The third-order valence-electron chi connectivity index (χ3n) is 3.39. The Bertz CT molecular complexity index is 661. The topological polar surface area (TPSA) is 95.2 Å². The molecule has 0 aromatic heterocycles. The number of nitriles is 4. The van der Waals surface area contributed by atoms with E-state index in [1.807, 2.05) is 0 Å². The third-order valence-corrected chi connectivity index (χ3v) is 3.39. The molecule has 0 bridgehead atoms. The van der Waals surface area contributed by atoms with E-state index in [0.29, 0.717) is 0 Å². The molecule has 6 heteroatoms. The van der Waals surface area contributed by atoms with Gasteiger partial charge in [-0.1, -0.05) is 6.07 Å². The predicted octanol–water partition coefficient (Wildman–Crippen LogP) is 2.13. The van der Waals surface area contributed by atoms with E-state index in [1.54, 1.807) is 24.3 Å². The molecular formula is C13H4F2N4. The van der Waals surface area contributed by atoms with Crippen molar-refractivity contribution in [2.45, 2.75) is 5.92 Å². The van der Waals surface area contributed by atoms with Crippen molar-refractivity contribution in [3.63, 3.8) is 0 Å². The monoisotopic (exact) mass is 254 g/mol. The molecule has 0 unspecified atom stereocenters. The molecule has 0 spiro atoms. The molecule has 2 rings (SSSR count). The van der Waals surface area contributed by atoms with Crippen LogP contribution < -0.4 is 0 Å². The highest BCUT2D eigenvalue weighted by Gasteiger charge is 2.82. The zero-order valence-corrected chi connectivity index (χ0v) is 9.35. The molecule has 1 saturated carbocycles. The van der Waals surface area contributed by atoms with Gasteiger partial charge in [0.2, 0.25) is 0 Å². The maximum absolute atomic E-state index is 13.2. The van der Waals surface area contributed by atoms with Crippen LogP contribution in [0.5, 0.6) is 0 Å². The van der Waals surface area contributed by atoms with E-state index >= 15 is 0 Å². The molecular weight excluding hydrogens is 250 g/mol. The van der Waals surface area contributed by atoms with Crippen LogP contribution >= 0.6 is 0 Å². The van der Waals surface area contributed by atoms with Gasteiger partial charge in [0.15, 0.2) is 22.5 Å². The Labute approximate surface area is 107 Å². The van der Waals surface area contributed by atoms with Gasteiger partial charge in [0.05, 0.1) is 30.2 Å². The van der Waals surface area contributed by atoms with Gasteiger partial charge in [-0.15, -0.1) is 0 Å². The number of rotatable bonds is 1. The van der Waals surface area contributed by atoms with Crippen LogP contribution in [0.25, 0.3) is 0 Å². The summed E-state index contributed by atoms with van der Waals surface area (Å²) in [5, 5.41) is 36.3. The smallest absolute Gasteiger partial charge is 0.185 e. The van der Waals surface area contributed by atoms with Crippen molar-refractivity contribution in [1.29, 1.82) is 21.0 Å². The molecule has 0 radical (unpaired) electrons. The fraction of sp³-hybridized carbons (Fsp3) is 0.231. The van der Waals surface area contributed by atoms with Crippen molar-refractivity contribution in [3.8, 4) is 24.3 Å². The van der Waals surface area contributed by atoms with E-state index < -0.39 is 28.4 Å². The summed E-state index contributed by atoms with van der Waals surface area (Å²) in [5.41, 5.74) is -3.60. The fourth-order valence-electron chi connectivity index (χ4n) is 2.33. The number of hydrogen-bond donors (Lipinski definition) is 0. The van der Waals surface area contributed by atoms with E-state index in [1.165, 1.54) is 6.07 Å². The maximum atomic E-state index is 13.2. The lowest BCUT2D eigenvalue weighted by molar-refractivity contribution is 0.506. The van der Waals surface area contributed by atoms with Gasteiger partial charge in [0.1, 0.15) is 0 Å². The molecule has 0 N–H and O–H groups in total. The van der Waals surface area contributed by atoms with Gasteiger partial charge in [-0.05, 0) is 17.7 Å². The summed E-state index contributed by atoms with van der Waals surface area (Å²) >= 11 is 0. The van der Waals surface area contributed by atoms with Crippen LogP contribution in [0.2, 0.25) is 0 Å². The zero-order valence-electron chi connectivity index (χ0n) is 9.35. The highest BCUT2D eigenvalue weighted by Crippen LogP contribution is 2.73. The summed E-state index contributed by atoms with van der Waals surface area (Å²) in [5.74, 6) is -3.30. The number of benzene rings is 1. The molecule has 19 heavy (non-hydrogen) atoms. The highest BCUT2D eigenvalue weighted by molar-refractivity contribution is 5.58. The Balaban J connectivity index is 2.62. The molecule has 1 fully saturated rings. The van der Waals surface area contributed by atoms with Gasteiger partial charge in [-0.3, -0.25) is 0 Å². The number of halogens is 2. The molecule has 0 heterocycles. The predicted molar refractivity (Wildman–Crippen MR) is 56.4 cm³/mol. The van der Waals surface area contributed by atoms with Crippen LogP contribution in [0, 0.1) is 67.8 Å². The lowest BCUT2D eigenvalue weighted by Crippen LogP contribution is -2.05. The molecule has 1 aliphatic carbocycles.